The highest BCUT2D eigenvalue weighted by molar-refractivity contribution is 5.47. The average molecular weight is 203 g/mol. The summed E-state index contributed by atoms with van der Waals surface area (Å²) in [7, 11) is 0. The summed E-state index contributed by atoms with van der Waals surface area (Å²) >= 11 is 0. The first-order chi connectivity index (χ1) is 7.25. The number of rotatable bonds is 3. The van der Waals surface area contributed by atoms with Crippen LogP contribution in [0.3, 0.4) is 0 Å². The molecule has 0 amide bonds. The summed E-state index contributed by atoms with van der Waals surface area (Å²) in [6.07, 6.45) is 1.63. The topological polar surface area (TPSA) is 48.4 Å². The molecule has 0 saturated carbocycles. The third kappa shape index (κ3) is 2.31. The van der Waals surface area contributed by atoms with E-state index in [0.29, 0.717) is 6.61 Å². The van der Waals surface area contributed by atoms with Crippen molar-refractivity contribution >= 4 is 5.69 Å². The number of benzene rings is 1. The van der Waals surface area contributed by atoms with Gasteiger partial charge in [0, 0.05) is 5.69 Å². The molecule has 0 saturated heterocycles. The molecule has 78 valence electrons. The monoisotopic (exact) mass is 203 g/mol. The smallest absolute Gasteiger partial charge is 0.146 e. The van der Waals surface area contributed by atoms with Gasteiger partial charge >= 0.3 is 0 Å². The fourth-order valence-electron chi connectivity index (χ4n) is 1.38. The minimum absolute atomic E-state index is 0.442. The van der Waals surface area contributed by atoms with E-state index in [1.54, 1.807) is 6.26 Å². The van der Waals surface area contributed by atoms with Crippen LogP contribution in [0.4, 0.5) is 5.69 Å². The predicted molar refractivity (Wildman–Crippen MR) is 58.6 cm³/mol. The van der Waals surface area contributed by atoms with Crippen LogP contribution in [-0.4, -0.2) is 0 Å². The van der Waals surface area contributed by atoms with E-state index in [2.05, 4.69) is 0 Å². The predicted octanol–water partition coefficient (Wildman–Crippen LogP) is 2.75. The van der Waals surface area contributed by atoms with Gasteiger partial charge in [-0.25, -0.2) is 0 Å². The summed E-state index contributed by atoms with van der Waals surface area (Å²) in [6, 6.07) is 9.30. The summed E-state index contributed by atoms with van der Waals surface area (Å²) in [5.74, 6) is 1.65. The Bertz CT molecular complexity index is 435. The second-order valence-electron chi connectivity index (χ2n) is 3.39. The van der Waals surface area contributed by atoms with Gasteiger partial charge < -0.3 is 14.9 Å². The van der Waals surface area contributed by atoms with Crippen molar-refractivity contribution in [2.45, 2.75) is 13.5 Å². The molecule has 1 heterocycles. The van der Waals surface area contributed by atoms with Gasteiger partial charge in [0.15, 0.2) is 0 Å². The minimum Gasteiger partial charge on any atom is -0.485 e. The molecule has 0 aliphatic rings. The number of furan rings is 1. The normalized spacial score (nSPS) is 10.2. The summed E-state index contributed by atoms with van der Waals surface area (Å²) in [6.45, 7) is 2.41. The van der Waals surface area contributed by atoms with Gasteiger partial charge in [-0.3, -0.25) is 0 Å². The van der Waals surface area contributed by atoms with Gasteiger partial charge in [-0.15, -0.1) is 0 Å². The van der Waals surface area contributed by atoms with Gasteiger partial charge in [-0.1, -0.05) is 0 Å². The molecule has 2 rings (SSSR count). The highest BCUT2D eigenvalue weighted by Crippen LogP contribution is 2.21. The standard InChI is InChI=1S/C12H13NO2/c1-9-7-10(13)4-5-12(9)15-8-11-3-2-6-14-11/h2-7H,8,13H2,1H3. The highest BCUT2D eigenvalue weighted by atomic mass is 16.5. The fourth-order valence-corrected chi connectivity index (χ4v) is 1.38. The lowest BCUT2D eigenvalue weighted by Crippen LogP contribution is -1.96. The van der Waals surface area contributed by atoms with Crippen molar-refractivity contribution in [1.82, 2.24) is 0 Å². The molecule has 0 aliphatic heterocycles. The van der Waals surface area contributed by atoms with E-state index in [-0.39, 0.29) is 0 Å². The molecule has 1 aromatic heterocycles. The van der Waals surface area contributed by atoms with Crippen LogP contribution in [0.5, 0.6) is 5.75 Å². The highest BCUT2D eigenvalue weighted by Gasteiger charge is 2.01. The van der Waals surface area contributed by atoms with Crippen molar-refractivity contribution in [1.29, 1.82) is 0 Å². The van der Waals surface area contributed by atoms with Crippen LogP contribution < -0.4 is 10.5 Å². The molecule has 2 N–H and O–H groups in total. The van der Waals surface area contributed by atoms with Crippen molar-refractivity contribution < 1.29 is 9.15 Å². The maximum atomic E-state index is 5.64. The zero-order valence-corrected chi connectivity index (χ0v) is 8.57. The van der Waals surface area contributed by atoms with Crippen molar-refractivity contribution in [3.05, 3.63) is 47.9 Å². The average Bonchev–Trinajstić information content (AvgIpc) is 2.69. The summed E-state index contributed by atoms with van der Waals surface area (Å²) in [5, 5.41) is 0. The van der Waals surface area contributed by atoms with Crippen LogP contribution in [0.2, 0.25) is 0 Å². The van der Waals surface area contributed by atoms with Crippen LogP contribution in [0.25, 0.3) is 0 Å². The zero-order valence-electron chi connectivity index (χ0n) is 8.57. The van der Waals surface area contributed by atoms with E-state index < -0.39 is 0 Å². The molecular formula is C12H13NO2. The first kappa shape index (κ1) is 9.65. The summed E-state index contributed by atoms with van der Waals surface area (Å²) in [5.41, 5.74) is 7.42. The van der Waals surface area contributed by atoms with Crippen molar-refractivity contribution in [3.8, 4) is 5.75 Å². The van der Waals surface area contributed by atoms with Crippen molar-refractivity contribution in [2.24, 2.45) is 0 Å². The van der Waals surface area contributed by atoms with E-state index >= 15 is 0 Å². The Balaban J connectivity index is 2.05. The second kappa shape index (κ2) is 4.09. The molecule has 0 atom stereocenters. The number of hydrogen-bond acceptors (Lipinski definition) is 3. The van der Waals surface area contributed by atoms with E-state index in [1.165, 1.54) is 0 Å². The largest absolute Gasteiger partial charge is 0.485 e. The van der Waals surface area contributed by atoms with E-state index in [9.17, 15) is 0 Å². The van der Waals surface area contributed by atoms with Crippen molar-refractivity contribution in [2.75, 3.05) is 5.73 Å². The van der Waals surface area contributed by atoms with Crippen LogP contribution in [0.1, 0.15) is 11.3 Å². The molecule has 0 radical (unpaired) electrons. The zero-order chi connectivity index (χ0) is 10.7. The van der Waals surface area contributed by atoms with Crippen LogP contribution in [0.15, 0.2) is 41.0 Å². The Kier molecular flexibility index (Phi) is 2.63. The van der Waals surface area contributed by atoms with Crippen molar-refractivity contribution in [3.63, 3.8) is 0 Å². The Morgan fingerprint density at radius 1 is 1.33 bits per heavy atom. The first-order valence-corrected chi connectivity index (χ1v) is 4.77. The molecule has 0 aliphatic carbocycles. The van der Waals surface area contributed by atoms with E-state index in [0.717, 1.165) is 22.8 Å². The number of nitrogen functional groups attached to an aromatic ring is 1. The molecule has 0 unspecified atom stereocenters. The summed E-state index contributed by atoms with van der Waals surface area (Å²) in [4.78, 5) is 0. The number of aryl methyl sites for hydroxylation is 1. The third-order valence-corrected chi connectivity index (χ3v) is 2.15. The molecule has 3 heteroatoms. The lowest BCUT2D eigenvalue weighted by Gasteiger charge is -2.07. The lowest BCUT2D eigenvalue weighted by molar-refractivity contribution is 0.269. The van der Waals surface area contributed by atoms with Gasteiger partial charge in [-0.2, -0.15) is 0 Å². The van der Waals surface area contributed by atoms with Gasteiger partial charge in [0.2, 0.25) is 0 Å². The van der Waals surface area contributed by atoms with Gasteiger partial charge in [-0.05, 0) is 42.8 Å². The molecule has 1 aromatic carbocycles. The Morgan fingerprint density at radius 3 is 2.87 bits per heavy atom. The molecular weight excluding hydrogens is 190 g/mol. The maximum absolute atomic E-state index is 5.64. The molecule has 15 heavy (non-hydrogen) atoms. The number of anilines is 1. The van der Waals surface area contributed by atoms with Crippen LogP contribution in [-0.2, 0) is 6.61 Å². The van der Waals surface area contributed by atoms with Gasteiger partial charge in [0.05, 0.1) is 6.26 Å². The van der Waals surface area contributed by atoms with E-state index in [1.807, 2.05) is 37.3 Å². The quantitative estimate of drug-likeness (QED) is 0.780. The van der Waals surface area contributed by atoms with Gasteiger partial charge in [0.1, 0.15) is 18.1 Å². The SMILES string of the molecule is Cc1cc(N)ccc1OCc1ccco1. The third-order valence-electron chi connectivity index (χ3n) is 2.15. The number of nitrogens with two attached hydrogens (primary N) is 1. The molecule has 0 fully saturated rings. The van der Waals surface area contributed by atoms with Crippen LogP contribution in [0, 0.1) is 6.92 Å². The first-order valence-electron chi connectivity index (χ1n) is 4.77. The molecule has 0 spiro atoms. The number of hydrogen-bond donors (Lipinski definition) is 1. The lowest BCUT2D eigenvalue weighted by atomic mass is 10.2. The minimum atomic E-state index is 0.442. The summed E-state index contributed by atoms with van der Waals surface area (Å²) < 4.78 is 10.8. The Hall–Kier alpha value is -1.90. The Morgan fingerprint density at radius 2 is 2.20 bits per heavy atom. The molecule has 0 bridgehead atoms. The number of ether oxygens (including phenoxy) is 1. The fraction of sp³-hybridized carbons (Fsp3) is 0.167. The van der Waals surface area contributed by atoms with Crippen LogP contribution >= 0.6 is 0 Å². The van der Waals surface area contributed by atoms with Gasteiger partial charge in [0.25, 0.3) is 0 Å². The molecule has 2 aromatic rings. The molecule has 3 nitrogen and oxygen atoms in total. The second-order valence-corrected chi connectivity index (χ2v) is 3.39. The van der Waals surface area contributed by atoms with E-state index in [4.69, 9.17) is 14.9 Å². The Labute approximate surface area is 88.5 Å². The maximum Gasteiger partial charge on any atom is 0.146 e.